The molecule has 1 aromatic carbocycles. The van der Waals surface area contributed by atoms with E-state index in [1.54, 1.807) is 18.0 Å². The van der Waals surface area contributed by atoms with Crippen molar-refractivity contribution in [2.75, 3.05) is 11.5 Å². The quantitative estimate of drug-likeness (QED) is 0.822. The van der Waals surface area contributed by atoms with Crippen LogP contribution in [0.3, 0.4) is 0 Å². The molecule has 0 radical (unpaired) electrons. The number of hydrogen-bond acceptors (Lipinski definition) is 3. The number of benzene rings is 1. The van der Waals surface area contributed by atoms with E-state index in [4.69, 9.17) is 0 Å². The number of aliphatic hydroxyl groups excluding tert-OH is 1. The number of aromatic nitrogens is 1. The van der Waals surface area contributed by atoms with Crippen LogP contribution >= 0.6 is 11.8 Å². The number of fused-ring (bicyclic) bond motifs is 1. The number of rotatable bonds is 5. The van der Waals surface area contributed by atoms with E-state index in [2.05, 4.69) is 11.9 Å². The van der Waals surface area contributed by atoms with Crippen molar-refractivity contribution in [2.45, 2.75) is 19.4 Å². The summed E-state index contributed by atoms with van der Waals surface area (Å²) in [5.41, 5.74) is 1.89. The standard InChI is InChI=1S/C14H17NOS/c1-2-7-17-10-14(16)12-8-11-5-3-4-6-13(11)15-9-12/h3-6,8-9,14,16H,2,7,10H2,1H3. The van der Waals surface area contributed by atoms with Gasteiger partial charge in [0.25, 0.3) is 0 Å². The van der Waals surface area contributed by atoms with Crippen LogP contribution in [-0.2, 0) is 0 Å². The van der Waals surface area contributed by atoms with Crippen LogP contribution < -0.4 is 0 Å². The lowest BCUT2D eigenvalue weighted by Gasteiger charge is -2.10. The van der Waals surface area contributed by atoms with Crippen LogP contribution in [-0.4, -0.2) is 21.6 Å². The zero-order valence-corrected chi connectivity index (χ0v) is 10.8. The molecule has 3 heteroatoms. The maximum absolute atomic E-state index is 10.0. The zero-order valence-electron chi connectivity index (χ0n) is 9.97. The Labute approximate surface area is 106 Å². The van der Waals surface area contributed by atoms with Crippen LogP contribution in [0.2, 0.25) is 0 Å². The highest BCUT2D eigenvalue weighted by Crippen LogP contribution is 2.21. The summed E-state index contributed by atoms with van der Waals surface area (Å²) in [5, 5.41) is 11.1. The molecule has 0 spiro atoms. The van der Waals surface area contributed by atoms with Crippen LogP contribution in [0, 0.1) is 0 Å². The van der Waals surface area contributed by atoms with Gasteiger partial charge in [-0.2, -0.15) is 11.8 Å². The van der Waals surface area contributed by atoms with E-state index in [0.717, 1.165) is 34.4 Å². The molecule has 0 saturated heterocycles. The van der Waals surface area contributed by atoms with Gasteiger partial charge in [-0.25, -0.2) is 0 Å². The summed E-state index contributed by atoms with van der Waals surface area (Å²) in [7, 11) is 0. The maximum Gasteiger partial charge on any atom is 0.0895 e. The SMILES string of the molecule is CCCSCC(O)c1cnc2ccccc2c1. The molecule has 0 saturated carbocycles. The summed E-state index contributed by atoms with van der Waals surface area (Å²) in [6, 6.07) is 10.0. The van der Waals surface area contributed by atoms with E-state index in [9.17, 15) is 5.11 Å². The van der Waals surface area contributed by atoms with Crippen LogP contribution in [0.1, 0.15) is 25.0 Å². The van der Waals surface area contributed by atoms with Crippen molar-refractivity contribution in [2.24, 2.45) is 0 Å². The fourth-order valence-electron chi connectivity index (χ4n) is 1.71. The molecule has 1 unspecified atom stereocenters. The Hall–Kier alpha value is -1.06. The third-order valence-electron chi connectivity index (χ3n) is 2.62. The molecule has 17 heavy (non-hydrogen) atoms. The molecule has 1 atom stereocenters. The minimum Gasteiger partial charge on any atom is -0.387 e. The largest absolute Gasteiger partial charge is 0.387 e. The molecule has 1 aromatic heterocycles. The Bertz CT molecular complexity index is 486. The average Bonchev–Trinajstić information content (AvgIpc) is 2.38. The lowest BCUT2D eigenvalue weighted by atomic mass is 10.1. The summed E-state index contributed by atoms with van der Waals surface area (Å²) in [6.07, 6.45) is 2.51. The van der Waals surface area contributed by atoms with Gasteiger partial charge in [-0.15, -0.1) is 0 Å². The third kappa shape index (κ3) is 3.20. The van der Waals surface area contributed by atoms with Crippen LogP contribution in [0.5, 0.6) is 0 Å². The zero-order chi connectivity index (χ0) is 12.1. The predicted octanol–water partition coefficient (Wildman–Crippen LogP) is 3.41. The monoisotopic (exact) mass is 247 g/mol. The fourth-order valence-corrected chi connectivity index (χ4v) is 2.58. The van der Waals surface area contributed by atoms with Gasteiger partial charge in [0.1, 0.15) is 0 Å². The molecule has 0 aliphatic heterocycles. The molecular formula is C14H17NOS. The van der Waals surface area contributed by atoms with E-state index in [0.29, 0.717) is 0 Å². The second-order valence-corrected chi connectivity index (χ2v) is 5.20. The fraction of sp³-hybridized carbons (Fsp3) is 0.357. The van der Waals surface area contributed by atoms with Crippen molar-refractivity contribution < 1.29 is 5.11 Å². The van der Waals surface area contributed by atoms with Crippen molar-refractivity contribution >= 4 is 22.7 Å². The minimum atomic E-state index is -0.413. The molecular weight excluding hydrogens is 230 g/mol. The van der Waals surface area contributed by atoms with Crippen LogP contribution in [0.15, 0.2) is 36.5 Å². The Morgan fingerprint density at radius 1 is 1.35 bits per heavy atom. The number of aliphatic hydroxyl groups is 1. The first-order valence-corrected chi connectivity index (χ1v) is 7.07. The number of para-hydroxylation sites is 1. The van der Waals surface area contributed by atoms with Crippen LogP contribution in [0.25, 0.3) is 10.9 Å². The van der Waals surface area contributed by atoms with E-state index >= 15 is 0 Å². The summed E-state index contributed by atoms with van der Waals surface area (Å²) < 4.78 is 0. The molecule has 90 valence electrons. The Morgan fingerprint density at radius 3 is 3.00 bits per heavy atom. The van der Waals surface area contributed by atoms with Gasteiger partial charge in [-0.3, -0.25) is 4.98 Å². The van der Waals surface area contributed by atoms with Crippen molar-refractivity contribution in [3.63, 3.8) is 0 Å². The normalized spacial score (nSPS) is 12.8. The maximum atomic E-state index is 10.0. The van der Waals surface area contributed by atoms with Gasteiger partial charge >= 0.3 is 0 Å². The smallest absolute Gasteiger partial charge is 0.0895 e. The van der Waals surface area contributed by atoms with Gasteiger partial charge in [0.05, 0.1) is 11.6 Å². The molecule has 0 fully saturated rings. The van der Waals surface area contributed by atoms with E-state index < -0.39 is 6.10 Å². The van der Waals surface area contributed by atoms with E-state index in [1.807, 2.05) is 30.3 Å². The highest BCUT2D eigenvalue weighted by Gasteiger charge is 2.08. The van der Waals surface area contributed by atoms with Gasteiger partial charge in [-0.1, -0.05) is 25.1 Å². The Kier molecular flexibility index (Phi) is 4.40. The van der Waals surface area contributed by atoms with Gasteiger partial charge in [0.15, 0.2) is 0 Å². The second-order valence-electron chi connectivity index (χ2n) is 4.05. The first-order chi connectivity index (χ1) is 8.31. The van der Waals surface area contributed by atoms with E-state index in [-0.39, 0.29) is 0 Å². The van der Waals surface area contributed by atoms with Crippen molar-refractivity contribution in [3.8, 4) is 0 Å². The molecule has 1 heterocycles. The molecule has 0 bridgehead atoms. The van der Waals surface area contributed by atoms with Crippen molar-refractivity contribution in [1.82, 2.24) is 4.98 Å². The summed E-state index contributed by atoms with van der Waals surface area (Å²) in [6.45, 7) is 2.15. The lowest BCUT2D eigenvalue weighted by molar-refractivity contribution is 0.204. The number of hydrogen-bond donors (Lipinski definition) is 1. The van der Waals surface area contributed by atoms with Gasteiger partial charge in [-0.05, 0) is 24.3 Å². The number of pyridine rings is 1. The number of nitrogens with zero attached hydrogens (tertiary/aromatic N) is 1. The number of thioether (sulfide) groups is 1. The molecule has 2 aromatic rings. The lowest BCUT2D eigenvalue weighted by Crippen LogP contribution is -2.01. The summed E-state index contributed by atoms with van der Waals surface area (Å²) in [5.74, 6) is 1.84. The van der Waals surface area contributed by atoms with Gasteiger partial charge in [0, 0.05) is 22.9 Å². The Balaban J connectivity index is 2.12. The van der Waals surface area contributed by atoms with Crippen molar-refractivity contribution in [1.29, 1.82) is 0 Å². The highest BCUT2D eigenvalue weighted by molar-refractivity contribution is 7.99. The summed E-state index contributed by atoms with van der Waals surface area (Å²) in [4.78, 5) is 4.36. The molecule has 2 rings (SSSR count). The minimum absolute atomic E-state index is 0.413. The average molecular weight is 247 g/mol. The molecule has 2 nitrogen and oxygen atoms in total. The third-order valence-corrected chi connectivity index (χ3v) is 3.87. The highest BCUT2D eigenvalue weighted by atomic mass is 32.2. The Morgan fingerprint density at radius 2 is 2.18 bits per heavy atom. The van der Waals surface area contributed by atoms with Crippen LogP contribution in [0.4, 0.5) is 0 Å². The first kappa shape index (κ1) is 12.4. The molecule has 0 amide bonds. The first-order valence-electron chi connectivity index (χ1n) is 5.91. The van der Waals surface area contributed by atoms with E-state index in [1.165, 1.54) is 0 Å². The second kappa shape index (κ2) is 6.03. The molecule has 0 aliphatic carbocycles. The topological polar surface area (TPSA) is 33.1 Å². The van der Waals surface area contributed by atoms with Gasteiger partial charge in [0.2, 0.25) is 0 Å². The summed E-state index contributed by atoms with van der Waals surface area (Å²) >= 11 is 1.78. The van der Waals surface area contributed by atoms with Crippen molar-refractivity contribution in [3.05, 3.63) is 42.1 Å². The van der Waals surface area contributed by atoms with Gasteiger partial charge < -0.3 is 5.11 Å². The molecule has 0 aliphatic rings. The predicted molar refractivity (Wildman–Crippen MR) is 74.3 cm³/mol. The molecule has 1 N–H and O–H groups in total.